The van der Waals surface area contributed by atoms with E-state index in [0.717, 1.165) is 0 Å². The second-order valence-corrected chi connectivity index (χ2v) is 2.13. The van der Waals surface area contributed by atoms with Crippen molar-refractivity contribution >= 4 is 11.0 Å². The number of nitrogens with zero attached hydrogens (tertiary/aromatic N) is 2. The van der Waals surface area contributed by atoms with E-state index in [0.29, 0.717) is 11.0 Å². The molecule has 11 heavy (non-hydrogen) atoms. The third-order valence-electron chi connectivity index (χ3n) is 1.41. The van der Waals surface area contributed by atoms with Crippen LogP contribution < -0.4 is 5.43 Å². The second kappa shape index (κ2) is 2.16. The lowest BCUT2D eigenvalue weighted by molar-refractivity contribution is 1.06. The predicted octanol–water partition coefficient (Wildman–Crippen LogP) is 0.318. The van der Waals surface area contributed by atoms with Gasteiger partial charge >= 0.3 is 0 Å². The average molecular weight is 147 g/mol. The maximum Gasteiger partial charge on any atom is 0.226 e. The molecule has 0 atom stereocenters. The molecule has 0 amide bonds. The maximum atomic E-state index is 11.0. The Labute approximate surface area is 61.9 Å². The number of aromatic nitrogens is 3. The fourth-order valence-corrected chi connectivity index (χ4v) is 0.913. The normalized spacial score (nSPS) is 10.2. The Morgan fingerprint density at radius 1 is 1.45 bits per heavy atom. The van der Waals surface area contributed by atoms with Gasteiger partial charge in [-0.3, -0.25) is 14.9 Å². The number of nitrogens with one attached hydrogen (secondary N) is 1. The van der Waals surface area contributed by atoms with Crippen molar-refractivity contribution in [2.75, 3.05) is 0 Å². The Kier molecular flexibility index (Phi) is 1.18. The smallest absolute Gasteiger partial charge is 0.226 e. The molecule has 0 aliphatic heterocycles. The van der Waals surface area contributed by atoms with E-state index >= 15 is 0 Å². The third-order valence-corrected chi connectivity index (χ3v) is 1.41. The quantitative estimate of drug-likeness (QED) is 0.583. The topological polar surface area (TPSA) is 58.6 Å². The Morgan fingerprint density at radius 3 is 3.18 bits per heavy atom. The van der Waals surface area contributed by atoms with Crippen LogP contribution in [0.1, 0.15) is 0 Å². The summed E-state index contributed by atoms with van der Waals surface area (Å²) in [6.45, 7) is 0. The van der Waals surface area contributed by atoms with E-state index in [2.05, 4.69) is 15.2 Å². The number of hydrogen-bond acceptors (Lipinski definition) is 3. The van der Waals surface area contributed by atoms with E-state index in [-0.39, 0.29) is 5.43 Å². The molecule has 54 valence electrons. The molecule has 4 heteroatoms. The van der Waals surface area contributed by atoms with Crippen molar-refractivity contribution < 1.29 is 0 Å². The highest BCUT2D eigenvalue weighted by Crippen LogP contribution is 1.97. The van der Waals surface area contributed by atoms with E-state index in [1.807, 2.05) is 0 Å². The molecule has 0 aromatic carbocycles. The summed E-state index contributed by atoms with van der Waals surface area (Å²) in [6, 6.07) is 3.51. The molecule has 0 radical (unpaired) electrons. The van der Waals surface area contributed by atoms with E-state index < -0.39 is 0 Å². The number of H-pyrrole nitrogens is 1. The highest BCUT2D eigenvalue weighted by atomic mass is 16.1. The number of hydrogen-bond donors (Lipinski definition) is 1. The van der Waals surface area contributed by atoms with Crippen molar-refractivity contribution in [3.05, 3.63) is 34.7 Å². The van der Waals surface area contributed by atoms with Crippen LogP contribution in [0.5, 0.6) is 0 Å². The van der Waals surface area contributed by atoms with Crippen LogP contribution in [0.4, 0.5) is 0 Å². The molecule has 4 nitrogen and oxygen atoms in total. The summed E-state index contributed by atoms with van der Waals surface area (Å²) in [5.41, 5.74) is 0.946. The Morgan fingerprint density at radius 2 is 2.36 bits per heavy atom. The minimum absolute atomic E-state index is 0.153. The lowest BCUT2D eigenvalue weighted by Crippen LogP contribution is -2.04. The molecule has 2 rings (SSSR count). The first-order chi connectivity index (χ1) is 5.38. The largest absolute Gasteiger partial charge is 0.286 e. The molecule has 0 fully saturated rings. The van der Waals surface area contributed by atoms with Gasteiger partial charge in [0.2, 0.25) is 5.43 Å². The number of rotatable bonds is 0. The molecular weight excluding hydrogens is 142 g/mol. The summed E-state index contributed by atoms with van der Waals surface area (Å²) in [5.74, 6) is 0. The molecule has 0 aliphatic rings. The lowest BCUT2D eigenvalue weighted by atomic mass is 10.3. The molecule has 0 aliphatic carbocycles. The molecule has 2 aromatic heterocycles. The van der Waals surface area contributed by atoms with Gasteiger partial charge in [-0.15, -0.1) is 0 Å². The van der Waals surface area contributed by atoms with E-state index in [4.69, 9.17) is 0 Å². The minimum Gasteiger partial charge on any atom is -0.286 e. The fourth-order valence-electron chi connectivity index (χ4n) is 0.913. The summed E-state index contributed by atoms with van der Waals surface area (Å²) >= 11 is 0. The van der Waals surface area contributed by atoms with Crippen molar-refractivity contribution in [2.24, 2.45) is 0 Å². The zero-order valence-electron chi connectivity index (χ0n) is 5.61. The monoisotopic (exact) mass is 147 g/mol. The summed E-state index contributed by atoms with van der Waals surface area (Å²) in [7, 11) is 0. The zero-order valence-corrected chi connectivity index (χ0v) is 5.61. The van der Waals surface area contributed by atoms with Gasteiger partial charge in [-0.05, 0) is 12.1 Å². The van der Waals surface area contributed by atoms with Crippen LogP contribution in [0, 0.1) is 0 Å². The van der Waals surface area contributed by atoms with Gasteiger partial charge in [-0.25, -0.2) is 0 Å². The van der Waals surface area contributed by atoms with Crippen LogP contribution in [0.25, 0.3) is 11.0 Å². The highest BCUT2D eigenvalue weighted by molar-refractivity contribution is 5.71. The molecule has 2 aromatic rings. The van der Waals surface area contributed by atoms with Crippen LogP contribution in [0.15, 0.2) is 29.3 Å². The van der Waals surface area contributed by atoms with Gasteiger partial charge in [0.1, 0.15) is 5.52 Å². The van der Waals surface area contributed by atoms with E-state index in [9.17, 15) is 4.79 Å². The van der Waals surface area contributed by atoms with E-state index in [1.165, 1.54) is 6.20 Å². The molecular formula is C7H5N3O. The predicted molar refractivity (Wildman–Crippen MR) is 40.2 cm³/mol. The van der Waals surface area contributed by atoms with Gasteiger partial charge in [0.05, 0.1) is 11.7 Å². The van der Waals surface area contributed by atoms with Crippen molar-refractivity contribution in [3.63, 3.8) is 0 Å². The van der Waals surface area contributed by atoms with Gasteiger partial charge < -0.3 is 0 Å². The average Bonchev–Trinajstić information content (AvgIpc) is 2.06. The third kappa shape index (κ3) is 0.881. The first-order valence-electron chi connectivity index (χ1n) is 3.16. The Hall–Kier alpha value is -1.71. The highest BCUT2D eigenvalue weighted by Gasteiger charge is 1.95. The van der Waals surface area contributed by atoms with Gasteiger partial charge in [0.25, 0.3) is 0 Å². The van der Waals surface area contributed by atoms with Gasteiger partial charge in [-0.1, -0.05) is 0 Å². The SMILES string of the molecule is O=c1cn[nH]c2cccnc12. The molecule has 2 heterocycles. The van der Waals surface area contributed by atoms with Crippen molar-refractivity contribution in [1.29, 1.82) is 0 Å². The van der Waals surface area contributed by atoms with Gasteiger partial charge in [0.15, 0.2) is 0 Å². The summed E-state index contributed by atoms with van der Waals surface area (Å²) in [4.78, 5) is 14.9. The van der Waals surface area contributed by atoms with Crippen LogP contribution in [0.2, 0.25) is 0 Å². The summed E-state index contributed by atoms with van der Waals surface area (Å²) in [5, 5.41) is 6.31. The molecule has 0 bridgehead atoms. The minimum atomic E-state index is -0.153. The van der Waals surface area contributed by atoms with Crippen LogP contribution in [-0.2, 0) is 0 Å². The fraction of sp³-hybridized carbons (Fsp3) is 0. The molecule has 0 saturated heterocycles. The number of aromatic amines is 1. The molecule has 1 N–H and O–H groups in total. The second-order valence-electron chi connectivity index (χ2n) is 2.13. The zero-order chi connectivity index (χ0) is 7.68. The number of pyridine rings is 1. The van der Waals surface area contributed by atoms with Gasteiger partial charge in [0, 0.05) is 6.20 Å². The summed E-state index contributed by atoms with van der Waals surface area (Å²) in [6.07, 6.45) is 2.80. The lowest BCUT2D eigenvalue weighted by Gasteiger charge is -1.91. The Balaban J connectivity index is 3.03. The summed E-state index contributed by atoms with van der Waals surface area (Å²) < 4.78 is 0. The molecule has 0 saturated carbocycles. The molecule has 0 spiro atoms. The van der Waals surface area contributed by atoms with Crippen molar-refractivity contribution in [3.8, 4) is 0 Å². The molecule has 0 unspecified atom stereocenters. The van der Waals surface area contributed by atoms with Crippen LogP contribution in [-0.4, -0.2) is 15.2 Å². The van der Waals surface area contributed by atoms with Crippen LogP contribution in [0.3, 0.4) is 0 Å². The Bertz CT molecular complexity index is 429. The first kappa shape index (κ1) is 6.03. The first-order valence-corrected chi connectivity index (χ1v) is 3.16. The van der Waals surface area contributed by atoms with Gasteiger partial charge in [-0.2, -0.15) is 5.10 Å². The van der Waals surface area contributed by atoms with Crippen molar-refractivity contribution in [1.82, 2.24) is 15.2 Å². The van der Waals surface area contributed by atoms with E-state index in [1.54, 1.807) is 18.3 Å². The standard InChI is InChI=1S/C7H5N3O/c11-6-4-9-10-5-2-1-3-8-7(5)6/h1-4H,(H,10,11). The van der Waals surface area contributed by atoms with Crippen LogP contribution >= 0.6 is 0 Å². The maximum absolute atomic E-state index is 11.0. The van der Waals surface area contributed by atoms with Crippen molar-refractivity contribution in [2.45, 2.75) is 0 Å². The number of fused-ring (bicyclic) bond motifs is 1.